The van der Waals surface area contributed by atoms with Gasteiger partial charge in [-0.25, -0.2) is 4.98 Å². The first kappa shape index (κ1) is 24.8. The van der Waals surface area contributed by atoms with Crippen LogP contribution >= 0.6 is 11.3 Å². The van der Waals surface area contributed by atoms with Crippen LogP contribution in [0.4, 0.5) is 5.69 Å². The number of nitrogens with one attached hydrogen (secondary N) is 2. The van der Waals surface area contributed by atoms with E-state index in [9.17, 15) is 10.1 Å². The first-order chi connectivity index (χ1) is 17.4. The van der Waals surface area contributed by atoms with Crippen LogP contribution in [-0.2, 0) is 4.79 Å². The van der Waals surface area contributed by atoms with Crippen molar-refractivity contribution in [2.24, 2.45) is 0 Å². The molecule has 1 heterocycles. The van der Waals surface area contributed by atoms with E-state index >= 15 is 0 Å². The van der Waals surface area contributed by atoms with Crippen LogP contribution in [0.15, 0.2) is 72.4 Å². The summed E-state index contributed by atoms with van der Waals surface area (Å²) in [7, 11) is 3.12. The zero-order valence-corrected chi connectivity index (χ0v) is 21.3. The Morgan fingerprint density at radius 3 is 2.50 bits per heavy atom. The Balaban J connectivity index is 1.42. The number of hydrogen-bond acceptors (Lipinski definition) is 7. The number of hydrogen-bond donors (Lipinski definition) is 2. The molecule has 1 aromatic heterocycles. The molecule has 4 aromatic rings. The molecule has 0 saturated carbocycles. The molecule has 0 bridgehead atoms. The highest BCUT2D eigenvalue weighted by Crippen LogP contribution is 2.32. The number of carbonyl (C=O) groups excluding carboxylic acids is 1. The number of rotatable bonds is 8. The highest BCUT2D eigenvalue weighted by Gasteiger charge is 2.16. The van der Waals surface area contributed by atoms with Gasteiger partial charge in [0.1, 0.15) is 16.6 Å². The molecule has 3 aromatic carbocycles. The van der Waals surface area contributed by atoms with Crippen molar-refractivity contribution in [3.05, 3.63) is 83.6 Å². The molecule has 36 heavy (non-hydrogen) atoms. The third kappa shape index (κ3) is 5.48. The Morgan fingerprint density at radius 1 is 1.06 bits per heavy atom. The zero-order valence-electron chi connectivity index (χ0n) is 20.5. The van der Waals surface area contributed by atoms with Crippen molar-refractivity contribution in [1.82, 2.24) is 10.3 Å². The van der Waals surface area contributed by atoms with E-state index in [1.807, 2.05) is 49.4 Å². The average Bonchev–Trinajstić information content (AvgIpc) is 3.32. The minimum atomic E-state index is -0.478. The molecule has 0 aliphatic carbocycles. The number of aromatic nitrogens is 1. The van der Waals surface area contributed by atoms with Gasteiger partial charge in [0, 0.05) is 17.5 Å². The lowest BCUT2D eigenvalue weighted by atomic mass is 10.1. The summed E-state index contributed by atoms with van der Waals surface area (Å²) in [6.07, 6.45) is 1.41. The monoisotopic (exact) mass is 498 g/mol. The number of amides is 1. The van der Waals surface area contributed by atoms with Crippen molar-refractivity contribution in [1.29, 1.82) is 5.26 Å². The lowest BCUT2D eigenvalue weighted by Crippen LogP contribution is -2.28. The molecule has 1 amide bonds. The average molecular weight is 499 g/mol. The van der Waals surface area contributed by atoms with Crippen molar-refractivity contribution in [3.8, 4) is 28.1 Å². The summed E-state index contributed by atoms with van der Waals surface area (Å²) in [6.45, 7) is 3.91. The second-order valence-electron chi connectivity index (χ2n) is 8.19. The molecule has 1 unspecified atom stereocenters. The number of thiazole rings is 1. The molecule has 182 valence electrons. The molecule has 8 heteroatoms. The van der Waals surface area contributed by atoms with Crippen LogP contribution in [0.5, 0.6) is 11.5 Å². The van der Waals surface area contributed by atoms with Crippen LogP contribution in [0.2, 0.25) is 0 Å². The Hall–Kier alpha value is -4.35. The number of nitriles is 1. The largest absolute Gasteiger partial charge is 0.493 e. The van der Waals surface area contributed by atoms with Crippen molar-refractivity contribution in [2.75, 3.05) is 19.5 Å². The highest BCUT2D eigenvalue weighted by atomic mass is 32.1. The topological polar surface area (TPSA) is 96.3 Å². The first-order valence-electron chi connectivity index (χ1n) is 11.3. The smallest absolute Gasteiger partial charge is 0.263 e. The summed E-state index contributed by atoms with van der Waals surface area (Å²) in [4.78, 5) is 17.4. The lowest BCUT2D eigenvalue weighted by molar-refractivity contribution is -0.117. The van der Waals surface area contributed by atoms with Gasteiger partial charge in [0.2, 0.25) is 0 Å². The van der Waals surface area contributed by atoms with Gasteiger partial charge in [-0.15, -0.1) is 11.3 Å². The van der Waals surface area contributed by atoms with E-state index in [2.05, 4.69) is 29.7 Å². The van der Waals surface area contributed by atoms with Crippen LogP contribution in [0.1, 0.15) is 24.1 Å². The standard InChI is InChI=1S/C28H26N4O3S/c1-17-5-11-23-26(13-17)36-28(32-23)19-6-9-22(10-7-19)30-16-21(15-29)27(33)31-18(2)20-8-12-24(34-3)25(14-20)35-4/h5-14,16,18,30H,1-4H3,(H,31,33)/b21-16-. The summed E-state index contributed by atoms with van der Waals surface area (Å²) in [6, 6.07) is 21.0. The Morgan fingerprint density at radius 2 is 1.81 bits per heavy atom. The first-order valence-corrected chi connectivity index (χ1v) is 12.1. The van der Waals surface area contributed by atoms with Gasteiger partial charge in [-0.05, 0) is 73.5 Å². The van der Waals surface area contributed by atoms with Crippen molar-refractivity contribution < 1.29 is 14.3 Å². The quantitative estimate of drug-likeness (QED) is 0.229. The summed E-state index contributed by atoms with van der Waals surface area (Å²) in [5.41, 5.74) is 4.74. The molecule has 0 radical (unpaired) electrons. The summed E-state index contributed by atoms with van der Waals surface area (Å²) < 4.78 is 11.7. The van der Waals surface area contributed by atoms with E-state index in [0.29, 0.717) is 11.5 Å². The molecule has 1 atom stereocenters. The predicted molar refractivity (Wildman–Crippen MR) is 143 cm³/mol. The van der Waals surface area contributed by atoms with E-state index in [4.69, 9.17) is 14.5 Å². The van der Waals surface area contributed by atoms with E-state index in [1.54, 1.807) is 37.7 Å². The molecule has 0 spiro atoms. The van der Waals surface area contributed by atoms with Crippen LogP contribution in [0, 0.1) is 18.3 Å². The highest BCUT2D eigenvalue weighted by molar-refractivity contribution is 7.21. The fraction of sp³-hybridized carbons (Fsp3) is 0.179. The van der Waals surface area contributed by atoms with Gasteiger partial charge in [0.05, 0.1) is 30.5 Å². The minimum Gasteiger partial charge on any atom is -0.493 e. The molecule has 0 aliphatic rings. The second-order valence-corrected chi connectivity index (χ2v) is 9.22. The maximum Gasteiger partial charge on any atom is 0.263 e. The molecule has 7 nitrogen and oxygen atoms in total. The molecule has 0 fully saturated rings. The normalized spacial score (nSPS) is 12.0. The molecular weight excluding hydrogens is 472 g/mol. The van der Waals surface area contributed by atoms with Crippen LogP contribution in [0.25, 0.3) is 20.8 Å². The van der Waals surface area contributed by atoms with E-state index in [0.717, 1.165) is 32.0 Å². The van der Waals surface area contributed by atoms with E-state index in [-0.39, 0.29) is 11.6 Å². The number of carbonyl (C=O) groups is 1. The minimum absolute atomic E-state index is 0.0343. The number of benzene rings is 3. The number of ether oxygens (including phenoxy) is 2. The van der Waals surface area contributed by atoms with Gasteiger partial charge in [0.15, 0.2) is 11.5 Å². The Bertz CT molecular complexity index is 1470. The maximum absolute atomic E-state index is 12.7. The number of nitrogens with zero attached hydrogens (tertiary/aromatic N) is 2. The third-order valence-corrected chi connectivity index (χ3v) is 6.75. The number of anilines is 1. The van der Waals surface area contributed by atoms with Crippen molar-refractivity contribution in [2.45, 2.75) is 19.9 Å². The fourth-order valence-electron chi connectivity index (χ4n) is 3.65. The predicted octanol–water partition coefficient (Wildman–Crippen LogP) is 5.99. The summed E-state index contributed by atoms with van der Waals surface area (Å²) in [5, 5.41) is 16.4. The van der Waals surface area contributed by atoms with E-state index in [1.165, 1.54) is 11.8 Å². The molecule has 0 aliphatic heterocycles. The van der Waals surface area contributed by atoms with Crippen molar-refractivity contribution >= 4 is 33.1 Å². The van der Waals surface area contributed by atoms with Gasteiger partial charge >= 0.3 is 0 Å². The van der Waals surface area contributed by atoms with Crippen LogP contribution in [-0.4, -0.2) is 25.1 Å². The lowest BCUT2D eigenvalue weighted by Gasteiger charge is -2.16. The van der Waals surface area contributed by atoms with E-state index < -0.39 is 5.91 Å². The summed E-state index contributed by atoms with van der Waals surface area (Å²) in [5.74, 6) is 0.692. The Labute approximate surface area is 214 Å². The van der Waals surface area contributed by atoms with Gasteiger partial charge in [-0.2, -0.15) is 5.26 Å². The SMILES string of the molecule is COc1ccc(C(C)NC(=O)/C(C#N)=C\Nc2ccc(-c3nc4ccc(C)cc4s3)cc2)cc1OC. The number of methoxy groups -OCH3 is 2. The molecule has 0 saturated heterocycles. The fourth-order valence-corrected chi connectivity index (χ4v) is 4.72. The van der Waals surface area contributed by atoms with Crippen LogP contribution in [0.3, 0.4) is 0 Å². The van der Waals surface area contributed by atoms with Crippen LogP contribution < -0.4 is 20.1 Å². The molecule has 4 rings (SSSR count). The molecule has 2 N–H and O–H groups in total. The van der Waals surface area contributed by atoms with Gasteiger partial charge < -0.3 is 20.1 Å². The summed E-state index contributed by atoms with van der Waals surface area (Å²) >= 11 is 1.65. The van der Waals surface area contributed by atoms with Crippen molar-refractivity contribution in [3.63, 3.8) is 0 Å². The third-order valence-electron chi connectivity index (χ3n) is 5.68. The maximum atomic E-state index is 12.7. The van der Waals surface area contributed by atoms with Gasteiger partial charge in [-0.3, -0.25) is 4.79 Å². The second kappa shape index (κ2) is 10.9. The Kier molecular flexibility index (Phi) is 7.52. The van der Waals surface area contributed by atoms with Gasteiger partial charge in [-0.1, -0.05) is 12.1 Å². The number of fused-ring (bicyclic) bond motifs is 1. The zero-order chi connectivity index (χ0) is 25.7. The number of aryl methyl sites for hydroxylation is 1. The van der Waals surface area contributed by atoms with Gasteiger partial charge in [0.25, 0.3) is 5.91 Å². The molecular formula is C28H26N4O3S.